The first kappa shape index (κ1) is 23.8. The number of carbonyl (C=O) groups is 3. The van der Waals surface area contributed by atoms with Crippen LogP contribution in [0.5, 0.6) is 5.75 Å². The average molecular weight is 503 g/mol. The number of hydrogen-bond donors (Lipinski definition) is 1. The second-order valence-electron chi connectivity index (χ2n) is 7.40. The molecule has 8 heteroatoms. The maximum absolute atomic E-state index is 13.1. The molecule has 170 valence electrons. The zero-order chi connectivity index (χ0) is 22.9. The van der Waals surface area contributed by atoms with E-state index in [1.165, 1.54) is 10.5 Å². The number of carbonyl (C=O) groups excluding carboxylic acids is 3. The Kier molecular flexibility index (Phi) is 8.67. The summed E-state index contributed by atoms with van der Waals surface area (Å²) in [4.78, 5) is 39.4. The monoisotopic (exact) mass is 502 g/mol. The fourth-order valence-electron chi connectivity index (χ4n) is 3.56. The van der Waals surface area contributed by atoms with Gasteiger partial charge in [0.1, 0.15) is 11.8 Å². The molecule has 0 saturated carbocycles. The van der Waals surface area contributed by atoms with Crippen LogP contribution in [-0.4, -0.2) is 55.0 Å². The van der Waals surface area contributed by atoms with Crippen LogP contribution in [0, 0.1) is 0 Å². The molecule has 2 aromatic carbocycles. The van der Waals surface area contributed by atoms with Crippen molar-refractivity contribution in [2.75, 3.05) is 26.3 Å². The number of hydrogen-bond acceptors (Lipinski definition) is 5. The van der Waals surface area contributed by atoms with Crippen LogP contribution in [0.25, 0.3) is 0 Å². The van der Waals surface area contributed by atoms with Gasteiger partial charge in [0.25, 0.3) is 5.91 Å². The van der Waals surface area contributed by atoms with Crippen molar-refractivity contribution < 1.29 is 23.9 Å². The number of benzene rings is 2. The van der Waals surface area contributed by atoms with Gasteiger partial charge in [0, 0.05) is 18.7 Å². The molecule has 1 fully saturated rings. The number of rotatable bonds is 9. The van der Waals surface area contributed by atoms with Crippen molar-refractivity contribution in [1.82, 2.24) is 10.2 Å². The molecule has 1 aliphatic heterocycles. The summed E-state index contributed by atoms with van der Waals surface area (Å²) in [7, 11) is 0. The highest BCUT2D eigenvalue weighted by atomic mass is 79.9. The Labute approximate surface area is 196 Å². The fraction of sp³-hybridized carbons (Fsp3) is 0.375. The third-order valence-corrected chi connectivity index (χ3v) is 5.77. The Bertz CT molecular complexity index is 951. The van der Waals surface area contributed by atoms with Crippen LogP contribution in [0.4, 0.5) is 0 Å². The maximum Gasteiger partial charge on any atom is 0.308 e. The van der Waals surface area contributed by atoms with Crippen LogP contribution in [0.3, 0.4) is 0 Å². The van der Waals surface area contributed by atoms with Crippen molar-refractivity contribution in [1.29, 1.82) is 0 Å². The third kappa shape index (κ3) is 6.32. The van der Waals surface area contributed by atoms with E-state index in [9.17, 15) is 14.4 Å². The van der Waals surface area contributed by atoms with Gasteiger partial charge in [-0.05, 0) is 59.5 Å². The molecule has 1 saturated heterocycles. The molecule has 2 amide bonds. The van der Waals surface area contributed by atoms with E-state index in [0.717, 1.165) is 6.42 Å². The smallest absolute Gasteiger partial charge is 0.308 e. The molecule has 0 bridgehead atoms. The summed E-state index contributed by atoms with van der Waals surface area (Å²) in [5, 5.41) is 2.73. The largest absolute Gasteiger partial charge is 0.493 e. The van der Waals surface area contributed by atoms with Crippen LogP contribution >= 0.6 is 15.9 Å². The van der Waals surface area contributed by atoms with E-state index >= 15 is 0 Å². The molecular weight excluding hydrogens is 476 g/mol. The predicted molar refractivity (Wildman–Crippen MR) is 123 cm³/mol. The summed E-state index contributed by atoms with van der Waals surface area (Å²) in [5.74, 6) is -0.525. The average Bonchev–Trinajstić information content (AvgIpc) is 2.80. The van der Waals surface area contributed by atoms with Gasteiger partial charge in [0.15, 0.2) is 0 Å². The number of amides is 2. The van der Waals surface area contributed by atoms with Crippen LogP contribution in [-0.2, 0) is 20.7 Å². The molecule has 0 aliphatic carbocycles. The second-order valence-corrected chi connectivity index (χ2v) is 8.25. The summed E-state index contributed by atoms with van der Waals surface area (Å²) in [5.41, 5.74) is 1.59. The summed E-state index contributed by atoms with van der Waals surface area (Å²) in [6.45, 7) is 3.31. The van der Waals surface area contributed by atoms with E-state index in [1.807, 2.05) is 37.3 Å². The molecule has 1 unspecified atom stereocenters. The number of ether oxygens (including phenoxy) is 2. The third-order valence-electron chi connectivity index (χ3n) is 5.15. The topological polar surface area (TPSA) is 84.9 Å². The van der Waals surface area contributed by atoms with Crippen molar-refractivity contribution >= 4 is 33.7 Å². The number of piperazine rings is 1. The lowest BCUT2D eigenvalue weighted by Crippen LogP contribution is -2.57. The van der Waals surface area contributed by atoms with Crippen molar-refractivity contribution in [2.45, 2.75) is 32.2 Å². The molecule has 0 aromatic heterocycles. The van der Waals surface area contributed by atoms with Crippen LogP contribution in [0.1, 0.15) is 35.7 Å². The highest BCUT2D eigenvalue weighted by Gasteiger charge is 2.35. The standard InChI is InChI=1S/C24H27BrN2O5/c1-2-31-21-11-10-18(15-19(21)25)24(30)27-13-12-26-23(29)20(27)16-22(28)32-14-6-9-17-7-4-3-5-8-17/h3-5,7-8,10-11,15,20H,2,6,9,12-14,16H2,1H3,(H,26,29). The minimum Gasteiger partial charge on any atom is -0.493 e. The number of nitrogens with one attached hydrogen (secondary N) is 1. The van der Waals surface area contributed by atoms with Gasteiger partial charge < -0.3 is 19.7 Å². The normalized spacial score (nSPS) is 15.8. The van der Waals surface area contributed by atoms with Crippen molar-refractivity contribution in [2.24, 2.45) is 0 Å². The van der Waals surface area contributed by atoms with Crippen LogP contribution < -0.4 is 10.1 Å². The van der Waals surface area contributed by atoms with Gasteiger partial charge in [0.2, 0.25) is 5.91 Å². The van der Waals surface area contributed by atoms with E-state index in [-0.39, 0.29) is 24.8 Å². The maximum atomic E-state index is 13.1. The Balaban J connectivity index is 1.58. The van der Waals surface area contributed by atoms with Crippen molar-refractivity contribution in [3.63, 3.8) is 0 Å². The zero-order valence-corrected chi connectivity index (χ0v) is 19.6. The van der Waals surface area contributed by atoms with Gasteiger partial charge >= 0.3 is 5.97 Å². The van der Waals surface area contributed by atoms with E-state index in [4.69, 9.17) is 9.47 Å². The molecule has 1 heterocycles. The lowest BCUT2D eigenvalue weighted by atomic mass is 10.1. The van der Waals surface area contributed by atoms with Gasteiger partial charge in [-0.1, -0.05) is 30.3 Å². The van der Waals surface area contributed by atoms with Crippen molar-refractivity contribution in [3.8, 4) is 5.75 Å². The molecule has 7 nitrogen and oxygen atoms in total. The SMILES string of the molecule is CCOc1ccc(C(=O)N2CCNC(=O)C2CC(=O)OCCCc2ccccc2)cc1Br. The molecule has 32 heavy (non-hydrogen) atoms. The van der Waals surface area contributed by atoms with Crippen LogP contribution in [0.2, 0.25) is 0 Å². The molecule has 2 aromatic rings. The quantitative estimate of drug-likeness (QED) is 0.419. The first-order valence-corrected chi connectivity index (χ1v) is 11.5. The van der Waals surface area contributed by atoms with Gasteiger partial charge in [-0.3, -0.25) is 14.4 Å². The Morgan fingerprint density at radius 3 is 2.69 bits per heavy atom. The lowest BCUT2D eigenvalue weighted by molar-refractivity contribution is -0.147. The summed E-state index contributed by atoms with van der Waals surface area (Å²) in [6.07, 6.45) is 1.31. The number of esters is 1. The molecule has 3 rings (SSSR count). The van der Waals surface area contributed by atoms with E-state index in [1.54, 1.807) is 18.2 Å². The van der Waals surface area contributed by atoms with E-state index < -0.39 is 12.0 Å². The second kappa shape index (κ2) is 11.7. The zero-order valence-electron chi connectivity index (χ0n) is 18.0. The van der Waals surface area contributed by atoms with Crippen molar-refractivity contribution in [3.05, 3.63) is 64.1 Å². The Hall–Kier alpha value is -2.87. The molecular formula is C24H27BrN2O5. The Morgan fingerprint density at radius 1 is 1.19 bits per heavy atom. The lowest BCUT2D eigenvalue weighted by Gasteiger charge is -2.34. The molecule has 0 spiro atoms. The van der Waals surface area contributed by atoms with E-state index in [0.29, 0.717) is 41.9 Å². The predicted octanol–water partition coefficient (Wildman–Crippen LogP) is 3.35. The first-order chi connectivity index (χ1) is 15.5. The van der Waals surface area contributed by atoms with Crippen LogP contribution in [0.15, 0.2) is 53.0 Å². The highest BCUT2D eigenvalue weighted by molar-refractivity contribution is 9.10. The minimum atomic E-state index is -0.900. The Morgan fingerprint density at radius 2 is 1.97 bits per heavy atom. The minimum absolute atomic E-state index is 0.179. The summed E-state index contributed by atoms with van der Waals surface area (Å²) in [6, 6.07) is 14.1. The van der Waals surface area contributed by atoms with Gasteiger partial charge in [-0.15, -0.1) is 0 Å². The van der Waals surface area contributed by atoms with Gasteiger partial charge in [-0.2, -0.15) is 0 Å². The fourth-order valence-corrected chi connectivity index (χ4v) is 4.05. The molecule has 1 aliphatic rings. The summed E-state index contributed by atoms with van der Waals surface area (Å²) < 4.78 is 11.5. The number of halogens is 1. The molecule has 0 radical (unpaired) electrons. The first-order valence-electron chi connectivity index (χ1n) is 10.7. The molecule has 1 atom stereocenters. The number of aryl methyl sites for hydroxylation is 1. The van der Waals surface area contributed by atoms with Gasteiger partial charge in [0.05, 0.1) is 24.1 Å². The van der Waals surface area contributed by atoms with Gasteiger partial charge in [-0.25, -0.2) is 0 Å². The molecule has 1 N–H and O–H groups in total. The number of nitrogens with zero attached hydrogens (tertiary/aromatic N) is 1. The highest BCUT2D eigenvalue weighted by Crippen LogP contribution is 2.27. The summed E-state index contributed by atoms with van der Waals surface area (Å²) >= 11 is 3.41. The van der Waals surface area contributed by atoms with E-state index in [2.05, 4.69) is 21.2 Å².